The number of carbonyl (C=O) groups excluding carboxylic acids is 1. The predicted octanol–water partition coefficient (Wildman–Crippen LogP) is 5.08. The fourth-order valence-corrected chi connectivity index (χ4v) is 3.84. The van der Waals surface area contributed by atoms with Crippen molar-refractivity contribution >= 4 is 11.6 Å². The number of anilines is 1. The van der Waals surface area contributed by atoms with E-state index in [-0.39, 0.29) is 5.91 Å². The van der Waals surface area contributed by atoms with Crippen molar-refractivity contribution in [1.29, 1.82) is 0 Å². The van der Waals surface area contributed by atoms with Crippen molar-refractivity contribution in [3.05, 3.63) is 108 Å². The third-order valence-electron chi connectivity index (χ3n) is 5.34. The van der Waals surface area contributed by atoms with Crippen molar-refractivity contribution in [3.8, 4) is 11.4 Å². The Morgan fingerprint density at radius 3 is 2.39 bits per heavy atom. The number of benzene rings is 3. The summed E-state index contributed by atoms with van der Waals surface area (Å²) in [5, 5.41) is 7.55. The highest BCUT2D eigenvalue weighted by atomic mass is 16.5. The Morgan fingerprint density at radius 2 is 1.67 bits per heavy atom. The summed E-state index contributed by atoms with van der Waals surface area (Å²) < 4.78 is 7.53. The molecule has 1 atom stereocenters. The summed E-state index contributed by atoms with van der Waals surface area (Å²) in [6.07, 6.45) is 3.84. The van der Waals surface area contributed by atoms with Crippen molar-refractivity contribution < 1.29 is 9.53 Å². The molecule has 0 aliphatic rings. The Labute approximate surface area is 194 Å². The van der Waals surface area contributed by atoms with E-state index in [1.807, 2.05) is 121 Å². The van der Waals surface area contributed by atoms with Crippen LogP contribution in [0.25, 0.3) is 5.69 Å². The van der Waals surface area contributed by atoms with Gasteiger partial charge >= 0.3 is 0 Å². The van der Waals surface area contributed by atoms with Crippen LogP contribution in [0.4, 0.5) is 5.69 Å². The van der Waals surface area contributed by atoms with Crippen LogP contribution >= 0.6 is 0 Å². The molecule has 0 spiro atoms. The number of rotatable bonds is 9. The van der Waals surface area contributed by atoms with Crippen LogP contribution in [0.1, 0.15) is 24.1 Å². The molecule has 0 unspecified atom stereocenters. The number of amides is 1. The highest BCUT2D eigenvalue weighted by Crippen LogP contribution is 2.28. The Bertz CT molecular complexity index is 1170. The Balaban J connectivity index is 1.56. The summed E-state index contributed by atoms with van der Waals surface area (Å²) in [6, 6.07) is 26.8. The molecular formula is C27H28N4O2. The molecule has 3 aromatic carbocycles. The lowest BCUT2D eigenvalue weighted by atomic mass is 10.0. The zero-order chi connectivity index (χ0) is 23.0. The van der Waals surface area contributed by atoms with Crippen LogP contribution in [0.3, 0.4) is 0 Å². The molecule has 4 rings (SSSR count). The molecule has 0 saturated carbocycles. The lowest BCUT2D eigenvalue weighted by Crippen LogP contribution is -2.34. The molecule has 6 nitrogen and oxygen atoms in total. The Hall–Kier alpha value is -3.90. The number of nitrogens with zero attached hydrogens (tertiary/aromatic N) is 3. The van der Waals surface area contributed by atoms with E-state index in [0.29, 0.717) is 24.6 Å². The maximum absolute atomic E-state index is 13.5. The lowest BCUT2D eigenvalue weighted by molar-refractivity contribution is -0.121. The normalized spacial score (nSPS) is 11.8. The molecule has 0 saturated heterocycles. The number of carbonyl (C=O) groups is 1. The van der Waals surface area contributed by atoms with Gasteiger partial charge in [-0.05, 0) is 43.8 Å². The molecule has 33 heavy (non-hydrogen) atoms. The van der Waals surface area contributed by atoms with Gasteiger partial charge in [-0.2, -0.15) is 5.10 Å². The number of likely N-dealkylation sites (N-methyl/N-ethyl adjacent to an activating group) is 1. The quantitative estimate of drug-likeness (QED) is 0.394. The summed E-state index contributed by atoms with van der Waals surface area (Å²) in [4.78, 5) is 15.5. The predicted molar refractivity (Wildman–Crippen MR) is 130 cm³/mol. The second-order valence-electron chi connectivity index (χ2n) is 7.78. The summed E-state index contributed by atoms with van der Waals surface area (Å²) in [7, 11) is 1.95. The van der Waals surface area contributed by atoms with Crippen LogP contribution in [0.5, 0.6) is 5.75 Å². The number of ether oxygens (including phenoxy) is 1. The van der Waals surface area contributed by atoms with Gasteiger partial charge in [-0.1, -0.05) is 60.7 Å². The van der Waals surface area contributed by atoms with E-state index < -0.39 is 6.04 Å². The number of aromatic nitrogens is 2. The van der Waals surface area contributed by atoms with Gasteiger partial charge < -0.3 is 10.1 Å². The maximum Gasteiger partial charge on any atom is 0.246 e. The van der Waals surface area contributed by atoms with E-state index in [1.165, 1.54) is 0 Å². The summed E-state index contributed by atoms with van der Waals surface area (Å²) in [5.41, 5.74) is 3.60. The van der Waals surface area contributed by atoms with E-state index in [9.17, 15) is 4.79 Å². The topological polar surface area (TPSA) is 59.4 Å². The van der Waals surface area contributed by atoms with Gasteiger partial charge in [0.1, 0.15) is 11.8 Å². The number of hydrogen-bond donors (Lipinski definition) is 1. The highest BCUT2D eigenvalue weighted by molar-refractivity contribution is 5.96. The first-order chi connectivity index (χ1) is 16.2. The van der Waals surface area contributed by atoms with Crippen molar-refractivity contribution in [1.82, 2.24) is 14.7 Å². The van der Waals surface area contributed by atoms with Crippen LogP contribution in [-0.2, 0) is 11.3 Å². The standard InChI is InChI=1S/C27H28N4O2/c1-3-33-25-17-11-10-16-24(25)29-27(32)26(22-12-6-4-7-13-22)30(2)19-21-18-28-31(20-21)23-14-8-5-9-15-23/h4-18,20,26H,3,19H2,1-2H3,(H,29,32)/t26-/m1/s1. The first-order valence-electron chi connectivity index (χ1n) is 11.0. The summed E-state index contributed by atoms with van der Waals surface area (Å²) in [6.45, 7) is 3.02. The van der Waals surface area contributed by atoms with Crippen LogP contribution in [0, 0.1) is 0 Å². The molecule has 168 valence electrons. The van der Waals surface area contributed by atoms with Crippen LogP contribution in [0.2, 0.25) is 0 Å². The van der Waals surface area contributed by atoms with E-state index in [2.05, 4.69) is 10.4 Å². The summed E-state index contributed by atoms with van der Waals surface area (Å²) in [5.74, 6) is 0.540. The summed E-state index contributed by atoms with van der Waals surface area (Å²) >= 11 is 0. The van der Waals surface area contributed by atoms with E-state index in [1.54, 1.807) is 0 Å². The zero-order valence-electron chi connectivity index (χ0n) is 18.9. The molecule has 4 aromatic rings. The Morgan fingerprint density at radius 1 is 1.00 bits per heavy atom. The van der Waals surface area contributed by atoms with Gasteiger partial charge in [-0.25, -0.2) is 4.68 Å². The molecule has 1 N–H and O–H groups in total. The molecule has 0 bridgehead atoms. The molecule has 6 heteroatoms. The molecule has 0 aliphatic heterocycles. The lowest BCUT2D eigenvalue weighted by Gasteiger charge is -2.27. The van der Waals surface area contributed by atoms with Crippen LogP contribution in [0.15, 0.2) is 97.3 Å². The van der Waals surface area contributed by atoms with E-state index in [0.717, 1.165) is 16.8 Å². The van der Waals surface area contributed by atoms with E-state index in [4.69, 9.17) is 4.74 Å². The average Bonchev–Trinajstić information content (AvgIpc) is 3.30. The van der Waals surface area contributed by atoms with Crippen molar-refractivity contribution in [3.63, 3.8) is 0 Å². The third kappa shape index (κ3) is 5.48. The zero-order valence-corrected chi connectivity index (χ0v) is 18.9. The van der Waals surface area contributed by atoms with Gasteiger partial charge in [0.25, 0.3) is 0 Å². The SMILES string of the molecule is CCOc1ccccc1NC(=O)[C@@H](c1ccccc1)N(C)Cc1cnn(-c2ccccc2)c1. The molecule has 0 radical (unpaired) electrons. The molecule has 1 aromatic heterocycles. The van der Waals surface area contributed by atoms with Crippen molar-refractivity contribution in [2.75, 3.05) is 19.0 Å². The molecule has 1 amide bonds. The van der Waals surface area contributed by atoms with E-state index >= 15 is 0 Å². The fourth-order valence-electron chi connectivity index (χ4n) is 3.84. The highest BCUT2D eigenvalue weighted by Gasteiger charge is 2.26. The Kier molecular flexibility index (Phi) is 7.17. The van der Waals surface area contributed by atoms with Crippen LogP contribution in [-0.4, -0.2) is 34.2 Å². The monoisotopic (exact) mass is 440 g/mol. The third-order valence-corrected chi connectivity index (χ3v) is 5.34. The minimum atomic E-state index is -0.485. The number of hydrogen-bond acceptors (Lipinski definition) is 4. The van der Waals surface area contributed by atoms with Gasteiger partial charge in [0, 0.05) is 18.3 Å². The van der Waals surface area contributed by atoms with Crippen molar-refractivity contribution in [2.45, 2.75) is 19.5 Å². The second kappa shape index (κ2) is 10.6. The number of nitrogens with one attached hydrogen (secondary N) is 1. The minimum absolute atomic E-state index is 0.119. The van der Waals surface area contributed by atoms with Crippen molar-refractivity contribution in [2.24, 2.45) is 0 Å². The van der Waals surface area contributed by atoms with Crippen LogP contribution < -0.4 is 10.1 Å². The molecule has 0 fully saturated rings. The largest absolute Gasteiger partial charge is 0.492 e. The smallest absolute Gasteiger partial charge is 0.246 e. The van der Waals surface area contributed by atoms with Gasteiger partial charge in [-0.3, -0.25) is 9.69 Å². The van der Waals surface area contributed by atoms with Gasteiger partial charge in [-0.15, -0.1) is 0 Å². The maximum atomic E-state index is 13.5. The number of para-hydroxylation sites is 3. The van der Waals surface area contributed by atoms with Gasteiger partial charge in [0.05, 0.1) is 24.2 Å². The second-order valence-corrected chi connectivity index (χ2v) is 7.78. The molecule has 1 heterocycles. The first kappa shape index (κ1) is 22.3. The average molecular weight is 441 g/mol. The first-order valence-corrected chi connectivity index (χ1v) is 11.0. The van der Waals surface area contributed by atoms with Gasteiger partial charge in [0.15, 0.2) is 0 Å². The molecular weight excluding hydrogens is 412 g/mol. The fraction of sp³-hybridized carbons (Fsp3) is 0.185. The minimum Gasteiger partial charge on any atom is -0.492 e. The van der Waals surface area contributed by atoms with Gasteiger partial charge in [0.2, 0.25) is 5.91 Å². The molecule has 0 aliphatic carbocycles.